The minimum Gasteiger partial charge on any atom is -0.307 e. The summed E-state index contributed by atoms with van der Waals surface area (Å²) in [5.41, 5.74) is 0. The van der Waals surface area contributed by atoms with Crippen LogP contribution in [-0.2, 0) is 4.84 Å². The maximum atomic E-state index is 12.8. The van der Waals surface area contributed by atoms with Crippen LogP contribution >= 0.6 is 0 Å². The van der Waals surface area contributed by atoms with Crippen molar-refractivity contribution in [3.8, 4) is 0 Å². The molecule has 0 aromatic rings. The number of nitrogens with zero attached hydrogens (tertiary/aromatic N) is 2. The van der Waals surface area contributed by atoms with Gasteiger partial charge in [0.15, 0.2) is 0 Å². The van der Waals surface area contributed by atoms with Gasteiger partial charge in [-0.2, -0.15) is 0 Å². The molecule has 0 fully saturated rings. The first kappa shape index (κ1) is 12.8. The molecule has 0 saturated carbocycles. The Morgan fingerprint density at radius 1 is 1.23 bits per heavy atom. The Morgan fingerprint density at radius 3 is 2.31 bits per heavy atom. The molecule has 4 heteroatoms. The summed E-state index contributed by atoms with van der Waals surface area (Å²) in [6.45, 7) is 5.62. The van der Waals surface area contributed by atoms with Gasteiger partial charge in [-0.25, -0.2) is 0 Å². The number of hydrogen-bond acceptors (Lipinski definition) is 3. The van der Waals surface area contributed by atoms with Crippen LogP contribution in [0.5, 0.6) is 0 Å². The van der Waals surface area contributed by atoms with Crippen molar-refractivity contribution in [2.45, 2.75) is 20.3 Å². The first-order chi connectivity index (χ1) is 6.02. The van der Waals surface area contributed by atoms with Crippen molar-refractivity contribution >= 4 is 0 Å². The van der Waals surface area contributed by atoms with Crippen molar-refractivity contribution < 1.29 is 9.32 Å². The molecular formula is C9H21FN2O. The largest absolute Gasteiger partial charge is 0.307 e. The zero-order chi connectivity index (χ0) is 10.3. The second-order valence-electron chi connectivity index (χ2n) is 3.86. The third-order valence-electron chi connectivity index (χ3n) is 1.65. The maximum Gasteiger partial charge on any atom is 0.0841 e. The summed E-state index contributed by atoms with van der Waals surface area (Å²) in [5.74, 6) is 0.510. The second-order valence-corrected chi connectivity index (χ2v) is 3.86. The first-order valence-corrected chi connectivity index (χ1v) is 4.73. The van der Waals surface area contributed by atoms with Crippen LogP contribution in [0.4, 0.5) is 4.48 Å². The summed E-state index contributed by atoms with van der Waals surface area (Å²) in [6, 6.07) is 0. The molecule has 0 aliphatic rings. The summed E-state index contributed by atoms with van der Waals surface area (Å²) < 4.78 is 12.8. The summed E-state index contributed by atoms with van der Waals surface area (Å²) in [7, 11) is 3.86. The van der Waals surface area contributed by atoms with E-state index in [9.17, 15) is 4.48 Å². The molecule has 0 saturated heterocycles. The number of hydroxylamine groups is 1. The normalized spacial score (nSPS) is 12.0. The van der Waals surface area contributed by atoms with E-state index in [1.54, 1.807) is 0 Å². The lowest BCUT2D eigenvalue weighted by atomic mass is 10.1. The van der Waals surface area contributed by atoms with E-state index in [0.29, 0.717) is 24.4 Å². The molecule has 0 atom stereocenters. The summed E-state index contributed by atoms with van der Waals surface area (Å²) in [6.07, 6.45) is 0.818. The van der Waals surface area contributed by atoms with Crippen molar-refractivity contribution in [2.75, 3.05) is 33.8 Å². The van der Waals surface area contributed by atoms with Crippen LogP contribution in [0.2, 0.25) is 0 Å². The zero-order valence-corrected chi connectivity index (χ0v) is 9.09. The van der Waals surface area contributed by atoms with Crippen molar-refractivity contribution in [3.63, 3.8) is 0 Å². The smallest absolute Gasteiger partial charge is 0.0841 e. The Labute approximate surface area is 80.3 Å². The zero-order valence-electron chi connectivity index (χ0n) is 9.09. The quantitative estimate of drug-likeness (QED) is 0.451. The first-order valence-electron chi connectivity index (χ1n) is 4.73. The molecule has 80 valence electrons. The van der Waals surface area contributed by atoms with Crippen LogP contribution in [0.3, 0.4) is 0 Å². The molecule has 13 heavy (non-hydrogen) atoms. The summed E-state index contributed by atoms with van der Waals surface area (Å²) in [4.78, 5) is 6.78. The fourth-order valence-corrected chi connectivity index (χ4v) is 0.747. The monoisotopic (exact) mass is 192 g/mol. The Kier molecular flexibility index (Phi) is 7.13. The van der Waals surface area contributed by atoms with E-state index in [1.165, 1.54) is 0 Å². The van der Waals surface area contributed by atoms with Gasteiger partial charge in [0.25, 0.3) is 0 Å². The SMILES string of the molecule is CC(C)CCN(F)OCCN(C)C. The lowest BCUT2D eigenvalue weighted by molar-refractivity contribution is -0.281. The van der Waals surface area contributed by atoms with Crippen LogP contribution in [0.15, 0.2) is 0 Å². The van der Waals surface area contributed by atoms with E-state index in [1.807, 2.05) is 19.0 Å². The standard InChI is InChI=1S/C9H21FN2O/c1-9(2)5-6-12(10)13-8-7-11(3)4/h9H,5-8H2,1-4H3. The number of hydrogen-bond donors (Lipinski definition) is 0. The Hall–Kier alpha value is -0.190. The molecule has 0 unspecified atom stereocenters. The van der Waals surface area contributed by atoms with Gasteiger partial charge in [-0.15, -0.1) is 4.48 Å². The van der Waals surface area contributed by atoms with Gasteiger partial charge in [0, 0.05) is 6.54 Å². The van der Waals surface area contributed by atoms with Crippen molar-refractivity contribution in [3.05, 3.63) is 0 Å². The molecule has 0 aliphatic carbocycles. The van der Waals surface area contributed by atoms with Crippen LogP contribution < -0.4 is 0 Å². The van der Waals surface area contributed by atoms with E-state index in [-0.39, 0.29) is 0 Å². The average Bonchev–Trinajstić information content (AvgIpc) is 2.00. The maximum absolute atomic E-state index is 12.8. The molecule has 0 aromatic heterocycles. The van der Waals surface area contributed by atoms with E-state index in [4.69, 9.17) is 4.84 Å². The predicted molar refractivity (Wildman–Crippen MR) is 51.8 cm³/mol. The van der Waals surface area contributed by atoms with Crippen LogP contribution in [0.25, 0.3) is 0 Å². The molecule has 0 aliphatic heterocycles. The fourth-order valence-electron chi connectivity index (χ4n) is 0.747. The fraction of sp³-hybridized carbons (Fsp3) is 1.00. The van der Waals surface area contributed by atoms with Gasteiger partial charge in [0.1, 0.15) is 0 Å². The van der Waals surface area contributed by atoms with Gasteiger partial charge >= 0.3 is 0 Å². The highest BCUT2D eigenvalue weighted by atomic mass is 19.2. The number of halogens is 1. The molecule has 0 rings (SSSR count). The third kappa shape index (κ3) is 9.73. The predicted octanol–water partition coefficient (Wildman–Crippen LogP) is 1.71. The summed E-state index contributed by atoms with van der Waals surface area (Å²) in [5, 5.41) is 0.434. The van der Waals surface area contributed by atoms with E-state index in [2.05, 4.69) is 13.8 Å². The minimum absolute atomic E-state index is 0.352. The van der Waals surface area contributed by atoms with Gasteiger partial charge in [-0.1, -0.05) is 13.8 Å². The molecule has 0 spiro atoms. The average molecular weight is 192 g/mol. The molecule has 0 amide bonds. The molecule has 0 N–H and O–H groups in total. The van der Waals surface area contributed by atoms with E-state index >= 15 is 0 Å². The lowest BCUT2D eigenvalue weighted by Gasteiger charge is -2.14. The summed E-state index contributed by atoms with van der Waals surface area (Å²) >= 11 is 0. The molecule has 0 aromatic carbocycles. The Balaban J connectivity index is 3.25. The van der Waals surface area contributed by atoms with Gasteiger partial charge in [0.2, 0.25) is 0 Å². The molecule has 0 radical (unpaired) electrons. The van der Waals surface area contributed by atoms with Gasteiger partial charge in [-0.3, -0.25) is 4.84 Å². The van der Waals surface area contributed by atoms with Gasteiger partial charge < -0.3 is 4.90 Å². The second kappa shape index (κ2) is 7.24. The van der Waals surface area contributed by atoms with Crippen LogP contribution in [0, 0.1) is 5.92 Å². The lowest BCUT2D eigenvalue weighted by Crippen LogP contribution is -2.24. The van der Waals surface area contributed by atoms with Crippen molar-refractivity contribution in [2.24, 2.45) is 5.92 Å². The highest BCUT2D eigenvalue weighted by molar-refractivity contribution is 4.44. The molecule has 3 nitrogen and oxygen atoms in total. The van der Waals surface area contributed by atoms with E-state index in [0.717, 1.165) is 13.0 Å². The van der Waals surface area contributed by atoms with Gasteiger partial charge in [-0.05, 0) is 31.7 Å². The highest BCUT2D eigenvalue weighted by Gasteiger charge is 2.04. The number of rotatable bonds is 7. The van der Waals surface area contributed by atoms with Crippen LogP contribution in [0.1, 0.15) is 20.3 Å². The van der Waals surface area contributed by atoms with Crippen LogP contribution in [-0.4, -0.2) is 44.0 Å². The molecule has 0 heterocycles. The van der Waals surface area contributed by atoms with E-state index < -0.39 is 0 Å². The van der Waals surface area contributed by atoms with Crippen molar-refractivity contribution in [1.29, 1.82) is 0 Å². The van der Waals surface area contributed by atoms with Gasteiger partial charge in [0.05, 0.1) is 13.2 Å². The topological polar surface area (TPSA) is 15.7 Å². The number of likely N-dealkylation sites (N-methyl/N-ethyl adjacent to an activating group) is 1. The minimum atomic E-state index is 0.352. The molecule has 0 bridgehead atoms. The molecular weight excluding hydrogens is 171 g/mol. The Bertz CT molecular complexity index is 120. The Morgan fingerprint density at radius 2 is 1.85 bits per heavy atom. The van der Waals surface area contributed by atoms with Crippen molar-refractivity contribution in [1.82, 2.24) is 10.2 Å². The highest BCUT2D eigenvalue weighted by Crippen LogP contribution is 2.02. The third-order valence-corrected chi connectivity index (χ3v) is 1.65.